The van der Waals surface area contributed by atoms with Gasteiger partial charge in [0.05, 0.1) is 13.2 Å². The third kappa shape index (κ3) is 3.87. The maximum atomic E-state index is 11.1. The lowest BCUT2D eigenvalue weighted by molar-refractivity contribution is -0.132. The highest BCUT2D eigenvalue weighted by molar-refractivity contribution is 6.41. The second kappa shape index (κ2) is 5.51. The van der Waals surface area contributed by atoms with Crippen molar-refractivity contribution in [3.63, 3.8) is 0 Å². The molecule has 0 N–H and O–H groups in total. The summed E-state index contributed by atoms with van der Waals surface area (Å²) in [7, 11) is 1.33. The molecule has 0 aliphatic rings. The number of carbonyl (C=O) groups is 1. The fourth-order valence-corrected chi connectivity index (χ4v) is 0.662. The molecule has 0 spiro atoms. The quantitative estimate of drug-likeness (QED) is 0.492. The molecule has 0 heterocycles. The minimum atomic E-state index is -0.428. The van der Waals surface area contributed by atoms with Crippen molar-refractivity contribution in [3.05, 3.63) is 12.7 Å². The molecule has 0 bridgehead atoms. The number of esters is 1. The van der Waals surface area contributed by atoms with Gasteiger partial charge in [-0.15, -0.1) is 0 Å². The van der Waals surface area contributed by atoms with Gasteiger partial charge in [0.1, 0.15) is 5.71 Å². The standard InChI is InChI=1S/C10H17NO2/c1-6-9(10(12)13-5)11-8(4)7(2)3/h6-8H,1H2,2-5H3/t8-/m0/s1. The summed E-state index contributed by atoms with van der Waals surface area (Å²) in [5.74, 6) is -0.0258. The van der Waals surface area contributed by atoms with Crippen LogP contribution in [0.15, 0.2) is 17.6 Å². The first kappa shape index (κ1) is 11.9. The van der Waals surface area contributed by atoms with Gasteiger partial charge in [0.2, 0.25) is 0 Å². The molecule has 0 aromatic rings. The molecule has 0 aromatic carbocycles. The van der Waals surface area contributed by atoms with Gasteiger partial charge in [-0.25, -0.2) is 4.79 Å². The average Bonchev–Trinajstić information content (AvgIpc) is 2.12. The van der Waals surface area contributed by atoms with Crippen LogP contribution in [0.1, 0.15) is 20.8 Å². The molecule has 0 saturated carbocycles. The summed E-state index contributed by atoms with van der Waals surface area (Å²) in [5.41, 5.74) is 0.295. The van der Waals surface area contributed by atoms with E-state index in [9.17, 15) is 4.79 Å². The van der Waals surface area contributed by atoms with E-state index in [4.69, 9.17) is 0 Å². The Morgan fingerprint density at radius 2 is 2.00 bits per heavy atom. The van der Waals surface area contributed by atoms with Gasteiger partial charge < -0.3 is 4.74 Å². The fraction of sp³-hybridized carbons (Fsp3) is 0.600. The predicted molar refractivity (Wildman–Crippen MR) is 53.9 cm³/mol. The zero-order valence-electron chi connectivity index (χ0n) is 8.70. The Kier molecular flexibility index (Phi) is 5.04. The lowest BCUT2D eigenvalue weighted by Crippen LogP contribution is -2.18. The number of methoxy groups -OCH3 is 1. The molecule has 0 saturated heterocycles. The van der Waals surface area contributed by atoms with Gasteiger partial charge in [-0.05, 0) is 18.9 Å². The molecule has 0 aliphatic carbocycles. The van der Waals surface area contributed by atoms with Gasteiger partial charge in [0, 0.05) is 0 Å². The molecule has 0 aromatic heterocycles. The summed E-state index contributed by atoms with van der Waals surface area (Å²) >= 11 is 0. The SMILES string of the molecule is C=CC(=N[C@@H](C)C(C)C)C(=O)OC. The fourth-order valence-electron chi connectivity index (χ4n) is 0.662. The van der Waals surface area contributed by atoms with E-state index < -0.39 is 5.97 Å². The number of hydrogen-bond donors (Lipinski definition) is 0. The number of rotatable bonds is 4. The Hall–Kier alpha value is -1.12. The minimum absolute atomic E-state index is 0.104. The Bertz CT molecular complexity index is 219. The van der Waals surface area contributed by atoms with E-state index in [-0.39, 0.29) is 6.04 Å². The van der Waals surface area contributed by atoms with E-state index in [0.717, 1.165) is 0 Å². The van der Waals surface area contributed by atoms with Crippen LogP contribution in [0.25, 0.3) is 0 Å². The molecule has 0 radical (unpaired) electrons. The van der Waals surface area contributed by atoms with Crippen LogP contribution in [0.2, 0.25) is 0 Å². The maximum absolute atomic E-state index is 11.1. The molecule has 0 fully saturated rings. The lowest BCUT2D eigenvalue weighted by Gasteiger charge is -2.10. The van der Waals surface area contributed by atoms with Crippen molar-refractivity contribution in [2.24, 2.45) is 10.9 Å². The highest BCUT2D eigenvalue weighted by Gasteiger charge is 2.11. The van der Waals surface area contributed by atoms with Gasteiger partial charge in [-0.1, -0.05) is 20.4 Å². The van der Waals surface area contributed by atoms with Gasteiger partial charge in [-0.2, -0.15) is 0 Å². The van der Waals surface area contributed by atoms with Crippen LogP contribution in [0, 0.1) is 5.92 Å². The number of nitrogens with zero attached hydrogens (tertiary/aromatic N) is 1. The van der Waals surface area contributed by atoms with Gasteiger partial charge in [0.25, 0.3) is 0 Å². The van der Waals surface area contributed by atoms with Crippen molar-refractivity contribution < 1.29 is 9.53 Å². The Morgan fingerprint density at radius 1 is 1.46 bits per heavy atom. The van der Waals surface area contributed by atoms with Gasteiger partial charge >= 0.3 is 5.97 Å². The molecular weight excluding hydrogens is 166 g/mol. The molecule has 0 amide bonds. The highest BCUT2D eigenvalue weighted by atomic mass is 16.5. The third-order valence-electron chi connectivity index (χ3n) is 1.90. The smallest absolute Gasteiger partial charge is 0.356 e. The Morgan fingerprint density at radius 3 is 2.31 bits per heavy atom. The summed E-state index contributed by atoms with van der Waals surface area (Å²) in [6.07, 6.45) is 1.42. The normalized spacial score (nSPS) is 14.1. The first-order valence-corrected chi connectivity index (χ1v) is 4.31. The molecule has 3 heteroatoms. The minimum Gasteiger partial charge on any atom is -0.464 e. The highest BCUT2D eigenvalue weighted by Crippen LogP contribution is 2.05. The van der Waals surface area contributed by atoms with E-state index in [1.807, 2.05) is 20.8 Å². The van der Waals surface area contributed by atoms with Crippen molar-refractivity contribution in [2.45, 2.75) is 26.8 Å². The van der Waals surface area contributed by atoms with Crippen LogP contribution in [0.3, 0.4) is 0 Å². The number of ether oxygens (including phenoxy) is 1. The summed E-state index contributed by atoms with van der Waals surface area (Å²) in [4.78, 5) is 15.3. The van der Waals surface area contributed by atoms with Crippen molar-refractivity contribution in [1.82, 2.24) is 0 Å². The van der Waals surface area contributed by atoms with Gasteiger partial charge in [-0.3, -0.25) is 4.99 Å². The summed E-state index contributed by atoms with van der Waals surface area (Å²) in [6.45, 7) is 9.56. The molecule has 0 unspecified atom stereocenters. The first-order valence-electron chi connectivity index (χ1n) is 4.31. The summed E-state index contributed by atoms with van der Waals surface area (Å²) in [6, 6.07) is 0.104. The van der Waals surface area contributed by atoms with E-state index in [1.54, 1.807) is 0 Å². The van der Waals surface area contributed by atoms with Crippen LogP contribution < -0.4 is 0 Å². The monoisotopic (exact) mass is 183 g/mol. The largest absolute Gasteiger partial charge is 0.464 e. The van der Waals surface area contributed by atoms with Crippen molar-refractivity contribution >= 4 is 11.7 Å². The molecule has 1 atom stereocenters. The van der Waals surface area contributed by atoms with Crippen molar-refractivity contribution in [1.29, 1.82) is 0 Å². The average molecular weight is 183 g/mol. The second-order valence-electron chi connectivity index (χ2n) is 3.19. The van der Waals surface area contributed by atoms with Crippen molar-refractivity contribution in [2.75, 3.05) is 7.11 Å². The number of carbonyl (C=O) groups excluding carboxylic acids is 1. The molecule has 13 heavy (non-hydrogen) atoms. The van der Waals surface area contributed by atoms with Crippen LogP contribution >= 0.6 is 0 Å². The second-order valence-corrected chi connectivity index (χ2v) is 3.19. The van der Waals surface area contributed by atoms with E-state index >= 15 is 0 Å². The van der Waals surface area contributed by atoms with Crippen LogP contribution in [-0.4, -0.2) is 24.8 Å². The van der Waals surface area contributed by atoms with Crippen molar-refractivity contribution in [3.8, 4) is 0 Å². The van der Waals surface area contributed by atoms with Crippen LogP contribution in [0.4, 0.5) is 0 Å². The lowest BCUT2D eigenvalue weighted by atomic mass is 10.1. The zero-order valence-corrected chi connectivity index (χ0v) is 8.70. The summed E-state index contributed by atoms with van der Waals surface area (Å²) < 4.78 is 4.54. The molecule has 0 aliphatic heterocycles. The molecular formula is C10H17NO2. The Balaban J connectivity index is 4.56. The van der Waals surface area contributed by atoms with E-state index in [0.29, 0.717) is 11.6 Å². The third-order valence-corrected chi connectivity index (χ3v) is 1.90. The van der Waals surface area contributed by atoms with E-state index in [2.05, 4.69) is 16.3 Å². The first-order chi connectivity index (χ1) is 6.02. The zero-order chi connectivity index (χ0) is 10.4. The Labute approximate surface area is 79.5 Å². The van der Waals surface area contributed by atoms with E-state index in [1.165, 1.54) is 13.2 Å². The van der Waals surface area contributed by atoms with Gasteiger partial charge in [0.15, 0.2) is 0 Å². The molecule has 0 rings (SSSR count). The van der Waals surface area contributed by atoms with Crippen LogP contribution in [-0.2, 0) is 9.53 Å². The number of hydrogen-bond acceptors (Lipinski definition) is 3. The maximum Gasteiger partial charge on any atom is 0.356 e. The number of aliphatic imine (C=N–C) groups is 1. The van der Waals surface area contributed by atoms with Crippen LogP contribution in [0.5, 0.6) is 0 Å². The molecule has 74 valence electrons. The predicted octanol–water partition coefficient (Wildman–Crippen LogP) is 1.83. The molecule has 3 nitrogen and oxygen atoms in total. The summed E-state index contributed by atoms with van der Waals surface area (Å²) in [5, 5.41) is 0. The topological polar surface area (TPSA) is 38.7 Å².